The van der Waals surface area contributed by atoms with Crippen molar-refractivity contribution in [3.05, 3.63) is 0 Å². The molecule has 0 spiro atoms. The summed E-state index contributed by atoms with van der Waals surface area (Å²) in [5.74, 6) is 0. The van der Waals surface area contributed by atoms with Crippen LogP contribution in [0.1, 0.15) is 271 Å². The molecular weight excluding hydrogens is 633 g/mol. The fourth-order valence-corrected chi connectivity index (χ4v) is 8.60. The highest BCUT2D eigenvalue weighted by atomic mass is 31.2. The van der Waals surface area contributed by atoms with Crippen molar-refractivity contribution in [2.75, 3.05) is 20.2 Å². The second-order valence-corrected chi connectivity index (χ2v) is 18.0. The van der Waals surface area contributed by atoms with Gasteiger partial charge in [-0.2, -0.15) is 0 Å². The first-order chi connectivity index (χ1) is 24.6. The van der Waals surface area contributed by atoms with Crippen LogP contribution in [0.2, 0.25) is 0 Å². The lowest BCUT2D eigenvalue weighted by molar-refractivity contribution is 0.230. The minimum atomic E-state index is -3.64. The Labute approximate surface area is 316 Å². The van der Waals surface area contributed by atoms with Gasteiger partial charge in [-0.1, -0.05) is 258 Å². The predicted octanol–water partition coefficient (Wildman–Crippen LogP) is 16.7. The summed E-state index contributed by atoms with van der Waals surface area (Å²) in [7, 11) is -2.26. The minimum Gasteiger partial charge on any atom is -0.312 e. The Morgan fingerprint density at radius 3 is 0.660 bits per heavy atom. The van der Waals surface area contributed by atoms with Crippen molar-refractivity contribution in [1.29, 1.82) is 0 Å². The quantitative estimate of drug-likeness (QED) is 0.0501. The molecule has 0 aromatic rings. The predicted molar refractivity (Wildman–Crippen MR) is 224 cm³/mol. The molecule has 0 aromatic carbocycles. The van der Waals surface area contributed by atoms with E-state index >= 15 is 0 Å². The molecule has 0 saturated carbocycles. The third-order valence-electron chi connectivity index (χ3n) is 11.1. The highest BCUT2D eigenvalue weighted by Crippen LogP contribution is 2.45. The number of unbranched alkanes of at least 4 members (excludes halogenated alkanes) is 38. The zero-order valence-electron chi connectivity index (χ0n) is 34.9. The zero-order chi connectivity index (χ0) is 36.5. The van der Waals surface area contributed by atoms with Gasteiger partial charge in [-0.25, -0.2) is 9.24 Å². The summed E-state index contributed by atoms with van der Waals surface area (Å²) >= 11 is 0. The van der Waals surface area contributed by atoms with Crippen LogP contribution in [0.5, 0.6) is 0 Å². The summed E-state index contributed by atoms with van der Waals surface area (Å²) in [4.78, 5) is 10.4. The Morgan fingerprint density at radius 1 is 0.340 bits per heavy atom. The summed E-state index contributed by atoms with van der Waals surface area (Å²) < 4.78 is 19.4. The van der Waals surface area contributed by atoms with Crippen molar-refractivity contribution in [2.24, 2.45) is 0 Å². The first-order valence-corrected chi connectivity index (χ1v) is 24.8. The number of rotatable bonds is 44. The molecule has 0 aliphatic rings. The molecule has 1 atom stereocenters. The summed E-state index contributed by atoms with van der Waals surface area (Å²) in [6, 6.07) is 0. The topological polar surface area (TPSA) is 49.8 Å². The van der Waals surface area contributed by atoms with E-state index in [4.69, 9.17) is 4.52 Å². The summed E-state index contributed by atoms with van der Waals surface area (Å²) in [6.45, 7) is 5.95. The average Bonchev–Trinajstić information content (AvgIpc) is 3.12. The Morgan fingerprint density at radius 2 is 0.500 bits per heavy atom. The molecule has 302 valence electrons. The second kappa shape index (κ2) is 41.9. The maximum absolute atomic E-state index is 12.6. The van der Waals surface area contributed by atoms with E-state index in [-0.39, 0.29) is 0 Å². The van der Waals surface area contributed by atoms with Gasteiger partial charge in [-0.15, -0.1) is 0 Å². The van der Waals surface area contributed by atoms with E-state index in [1.165, 1.54) is 238 Å². The van der Waals surface area contributed by atoms with Gasteiger partial charge in [0, 0.05) is 20.2 Å². The Balaban J connectivity index is 3.53. The van der Waals surface area contributed by atoms with E-state index in [1.807, 2.05) is 0 Å². The number of hydrogen-bond donors (Lipinski definition) is 1. The van der Waals surface area contributed by atoms with Crippen LogP contribution in [0.25, 0.3) is 0 Å². The van der Waals surface area contributed by atoms with Crippen molar-refractivity contribution < 1.29 is 14.0 Å². The van der Waals surface area contributed by atoms with Crippen molar-refractivity contribution in [2.45, 2.75) is 271 Å². The molecule has 50 heavy (non-hydrogen) atoms. The SMILES string of the molecule is CCCCCCCCCCCCCCCCCCCCCCN(CCCCCCCCCCCCCCCCCCCCCC)P(=O)(O)OC. The van der Waals surface area contributed by atoms with Gasteiger partial charge in [0.2, 0.25) is 0 Å². The summed E-state index contributed by atoms with van der Waals surface area (Å²) in [5.41, 5.74) is 0. The molecule has 0 amide bonds. The molecule has 0 fully saturated rings. The second-order valence-electron chi connectivity index (χ2n) is 16.1. The summed E-state index contributed by atoms with van der Waals surface area (Å²) in [6.07, 6.45) is 54.9. The van der Waals surface area contributed by atoms with Crippen LogP contribution in [-0.4, -0.2) is 29.8 Å². The Kier molecular flexibility index (Phi) is 42.0. The van der Waals surface area contributed by atoms with Gasteiger partial charge in [-0.05, 0) is 12.8 Å². The van der Waals surface area contributed by atoms with Gasteiger partial charge in [0.25, 0.3) is 0 Å². The van der Waals surface area contributed by atoms with Gasteiger partial charge >= 0.3 is 7.75 Å². The molecule has 5 heteroatoms. The van der Waals surface area contributed by atoms with Crippen LogP contribution in [0, 0.1) is 0 Å². The van der Waals surface area contributed by atoms with Crippen LogP contribution >= 0.6 is 7.75 Å². The normalized spacial score (nSPS) is 13.1. The zero-order valence-corrected chi connectivity index (χ0v) is 35.8. The van der Waals surface area contributed by atoms with E-state index in [9.17, 15) is 9.46 Å². The van der Waals surface area contributed by atoms with Gasteiger partial charge in [0.1, 0.15) is 0 Å². The molecule has 0 saturated heterocycles. The molecule has 0 radical (unpaired) electrons. The molecule has 0 aromatic heterocycles. The Hall–Kier alpha value is 0.110. The lowest BCUT2D eigenvalue weighted by Gasteiger charge is -2.25. The van der Waals surface area contributed by atoms with E-state index in [0.29, 0.717) is 13.1 Å². The molecule has 0 heterocycles. The van der Waals surface area contributed by atoms with Crippen molar-refractivity contribution in [1.82, 2.24) is 4.67 Å². The van der Waals surface area contributed by atoms with Crippen molar-refractivity contribution >= 4 is 7.75 Å². The molecule has 4 nitrogen and oxygen atoms in total. The van der Waals surface area contributed by atoms with Crippen LogP contribution < -0.4 is 0 Å². The average molecular weight is 728 g/mol. The summed E-state index contributed by atoms with van der Waals surface area (Å²) in [5, 5.41) is 0. The molecule has 0 aliphatic carbocycles. The molecule has 0 aliphatic heterocycles. The van der Waals surface area contributed by atoms with Crippen LogP contribution in [0.15, 0.2) is 0 Å². The first kappa shape index (κ1) is 50.1. The third-order valence-corrected chi connectivity index (χ3v) is 12.7. The molecule has 1 unspecified atom stereocenters. The van der Waals surface area contributed by atoms with E-state index < -0.39 is 7.75 Å². The van der Waals surface area contributed by atoms with Gasteiger partial charge in [0.15, 0.2) is 0 Å². The number of nitrogens with zero attached hydrogens (tertiary/aromatic N) is 1. The number of hydrogen-bond acceptors (Lipinski definition) is 2. The van der Waals surface area contributed by atoms with Crippen LogP contribution in [0.4, 0.5) is 0 Å². The molecule has 1 N–H and O–H groups in total. The molecule has 0 rings (SSSR count). The van der Waals surface area contributed by atoms with E-state index in [2.05, 4.69) is 13.8 Å². The largest absolute Gasteiger partial charge is 0.405 e. The standard InChI is InChI=1S/C45H94NO3P/c1-4-6-8-10-12-14-16-18-20-22-24-26-28-30-32-34-36-38-40-42-44-46(50(47,48)49-3)45-43-41-39-37-35-33-31-29-27-25-23-21-19-17-15-13-11-9-7-5-2/h4-45H2,1-3H3,(H,47,48). The fraction of sp³-hybridized carbons (Fsp3) is 1.00. The van der Waals surface area contributed by atoms with Gasteiger partial charge in [0.05, 0.1) is 0 Å². The van der Waals surface area contributed by atoms with Crippen LogP contribution in [-0.2, 0) is 9.09 Å². The highest BCUT2D eigenvalue weighted by Gasteiger charge is 2.27. The lowest BCUT2D eigenvalue weighted by atomic mass is 10.0. The van der Waals surface area contributed by atoms with Gasteiger partial charge in [-0.3, -0.25) is 0 Å². The Bertz CT molecular complexity index is 631. The molecular formula is C45H94NO3P. The van der Waals surface area contributed by atoms with E-state index in [0.717, 1.165) is 25.7 Å². The monoisotopic (exact) mass is 728 g/mol. The lowest BCUT2D eigenvalue weighted by Crippen LogP contribution is -2.23. The van der Waals surface area contributed by atoms with Crippen molar-refractivity contribution in [3.63, 3.8) is 0 Å². The van der Waals surface area contributed by atoms with Crippen molar-refractivity contribution in [3.8, 4) is 0 Å². The van der Waals surface area contributed by atoms with Crippen LogP contribution in [0.3, 0.4) is 0 Å². The smallest absolute Gasteiger partial charge is 0.312 e. The maximum atomic E-state index is 12.6. The fourth-order valence-electron chi connectivity index (χ4n) is 7.58. The maximum Gasteiger partial charge on any atom is 0.405 e. The highest BCUT2D eigenvalue weighted by molar-refractivity contribution is 7.50. The minimum absolute atomic E-state index is 0.680. The molecule has 0 bridgehead atoms. The van der Waals surface area contributed by atoms with E-state index in [1.54, 1.807) is 4.67 Å². The van der Waals surface area contributed by atoms with Gasteiger partial charge < -0.3 is 9.42 Å². The first-order valence-electron chi connectivity index (χ1n) is 23.2. The third kappa shape index (κ3) is 37.9.